The molecule has 5 rings (SSSR count). The van der Waals surface area contributed by atoms with Crippen LogP contribution in [0.25, 0.3) is 17.1 Å². The maximum absolute atomic E-state index is 5.55. The van der Waals surface area contributed by atoms with E-state index in [0.29, 0.717) is 5.11 Å². The molecule has 0 saturated carbocycles. The number of imidazole rings is 1. The minimum absolute atomic E-state index is 0.279. The number of aromatic nitrogens is 2. The number of allylic oxidation sites excluding steroid dienone is 1. The van der Waals surface area contributed by atoms with Crippen LogP contribution in [0.2, 0.25) is 0 Å². The molecule has 1 aliphatic heterocycles. The zero-order valence-electron chi connectivity index (χ0n) is 18.9. The maximum atomic E-state index is 5.55. The fourth-order valence-corrected chi connectivity index (χ4v) is 4.44. The van der Waals surface area contributed by atoms with Gasteiger partial charge in [-0.1, -0.05) is 72.3 Å². The van der Waals surface area contributed by atoms with Crippen molar-refractivity contribution in [2.75, 3.05) is 0 Å². The first-order chi connectivity index (χ1) is 16.0. The zero-order chi connectivity index (χ0) is 22.9. The Labute approximate surface area is 199 Å². The summed E-state index contributed by atoms with van der Waals surface area (Å²) in [7, 11) is 0. The molecule has 2 heterocycles. The Kier molecular flexibility index (Phi) is 5.56. The van der Waals surface area contributed by atoms with E-state index in [-0.39, 0.29) is 6.04 Å². The molecule has 5 heteroatoms. The third-order valence-electron chi connectivity index (χ3n) is 5.64. The molecule has 0 N–H and O–H groups in total. The summed E-state index contributed by atoms with van der Waals surface area (Å²) in [6.07, 6.45) is 2.12. The highest BCUT2D eigenvalue weighted by atomic mass is 32.1. The molecule has 162 valence electrons. The van der Waals surface area contributed by atoms with Crippen molar-refractivity contribution in [1.29, 1.82) is 0 Å². The van der Waals surface area contributed by atoms with Gasteiger partial charge in [0.15, 0.2) is 0 Å². The molecule has 0 bridgehead atoms. The summed E-state index contributed by atoms with van der Waals surface area (Å²) in [6.45, 7) is 6.28. The van der Waals surface area contributed by atoms with Crippen LogP contribution in [0.3, 0.4) is 0 Å². The van der Waals surface area contributed by atoms with Gasteiger partial charge >= 0.3 is 0 Å². The van der Waals surface area contributed by atoms with Gasteiger partial charge in [0.25, 0.3) is 0 Å². The molecule has 0 amide bonds. The minimum Gasteiger partial charge on any atom is -0.309 e. The van der Waals surface area contributed by atoms with Crippen molar-refractivity contribution in [3.05, 3.63) is 107 Å². The largest absolute Gasteiger partial charge is 0.309 e. The van der Waals surface area contributed by atoms with Crippen molar-refractivity contribution >= 4 is 45.9 Å². The molecule has 1 aromatic heterocycles. The molecule has 3 aromatic carbocycles. The van der Waals surface area contributed by atoms with Crippen molar-refractivity contribution in [2.24, 2.45) is 9.98 Å². The first-order valence-electron chi connectivity index (χ1n) is 11.0. The van der Waals surface area contributed by atoms with E-state index in [2.05, 4.69) is 73.9 Å². The quantitative estimate of drug-likeness (QED) is 0.331. The van der Waals surface area contributed by atoms with Gasteiger partial charge in [-0.25, -0.2) is 15.0 Å². The lowest BCUT2D eigenvalue weighted by Crippen LogP contribution is -2.33. The first-order valence-corrected chi connectivity index (χ1v) is 11.4. The number of fused-ring (bicyclic) bond motifs is 1. The van der Waals surface area contributed by atoms with E-state index >= 15 is 0 Å². The topological polar surface area (TPSA) is 42.5 Å². The summed E-state index contributed by atoms with van der Waals surface area (Å²) in [4.78, 5) is 14.6. The number of rotatable bonds is 4. The van der Waals surface area contributed by atoms with Crippen LogP contribution < -0.4 is 0 Å². The maximum Gasteiger partial charge on any atom is 0.219 e. The van der Waals surface area contributed by atoms with Crippen molar-refractivity contribution in [2.45, 2.75) is 26.8 Å². The number of nitrogens with zero attached hydrogens (tertiary/aromatic N) is 4. The van der Waals surface area contributed by atoms with Crippen molar-refractivity contribution in [1.82, 2.24) is 9.55 Å². The summed E-state index contributed by atoms with van der Waals surface area (Å²) in [5.74, 6) is 0.876. The lowest BCUT2D eigenvalue weighted by Gasteiger charge is -2.28. The van der Waals surface area contributed by atoms with Crippen LogP contribution >= 0.6 is 12.2 Å². The Morgan fingerprint density at radius 1 is 0.848 bits per heavy atom. The van der Waals surface area contributed by atoms with Gasteiger partial charge in [-0.2, -0.15) is 0 Å². The standard InChI is InChI=1S/C28H24N4S/c1-18(2)16-24-29-22-15-14-19(3)17-23(22)32(24)27-25(20-10-6-4-7-11-20)30-28(33)31-26(27)21-12-8-5-9-13-21/h4-17,27H,1-3H3. The van der Waals surface area contributed by atoms with E-state index < -0.39 is 0 Å². The molecule has 0 radical (unpaired) electrons. The van der Waals surface area contributed by atoms with E-state index in [4.69, 9.17) is 27.2 Å². The van der Waals surface area contributed by atoms with Crippen LogP contribution in [-0.4, -0.2) is 26.1 Å². The third-order valence-corrected chi connectivity index (χ3v) is 5.82. The molecule has 33 heavy (non-hydrogen) atoms. The third kappa shape index (κ3) is 4.08. The highest BCUT2D eigenvalue weighted by Crippen LogP contribution is 2.32. The molecule has 0 spiro atoms. The van der Waals surface area contributed by atoms with Crippen LogP contribution in [0, 0.1) is 6.92 Å². The summed E-state index contributed by atoms with van der Waals surface area (Å²) >= 11 is 5.55. The molecule has 0 saturated heterocycles. The van der Waals surface area contributed by atoms with Crippen LogP contribution in [-0.2, 0) is 0 Å². The van der Waals surface area contributed by atoms with Crippen LogP contribution in [0.4, 0.5) is 0 Å². The SMILES string of the molecule is CC(C)=Cc1nc2ccc(C)cc2n1C1C(c2ccccc2)=NC(=S)N=C1c1ccccc1. The van der Waals surface area contributed by atoms with E-state index in [1.165, 1.54) is 11.1 Å². The molecular weight excluding hydrogens is 424 g/mol. The Hall–Kier alpha value is -3.70. The van der Waals surface area contributed by atoms with Gasteiger partial charge in [0.05, 0.1) is 22.5 Å². The number of aliphatic imine (C=N–C) groups is 2. The van der Waals surface area contributed by atoms with Crippen molar-refractivity contribution in [3.8, 4) is 0 Å². The van der Waals surface area contributed by atoms with E-state index in [1.54, 1.807) is 0 Å². The van der Waals surface area contributed by atoms with Gasteiger partial charge in [-0.15, -0.1) is 0 Å². The van der Waals surface area contributed by atoms with E-state index in [0.717, 1.165) is 39.4 Å². The second kappa shape index (κ2) is 8.68. The van der Waals surface area contributed by atoms with Crippen molar-refractivity contribution in [3.63, 3.8) is 0 Å². The molecule has 0 fully saturated rings. The summed E-state index contributed by atoms with van der Waals surface area (Å²) in [6, 6.07) is 26.5. The zero-order valence-corrected chi connectivity index (χ0v) is 19.7. The normalized spacial score (nSPS) is 14.2. The predicted octanol–water partition coefficient (Wildman–Crippen LogP) is 6.59. The molecule has 0 unspecified atom stereocenters. The van der Waals surface area contributed by atoms with Gasteiger partial charge in [0, 0.05) is 0 Å². The second-order valence-corrected chi connectivity index (χ2v) is 8.83. The smallest absolute Gasteiger partial charge is 0.219 e. The predicted molar refractivity (Wildman–Crippen MR) is 141 cm³/mol. The summed E-state index contributed by atoms with van der Waals surface area (Å²) in [5, 5.41) is 0.341. The Bertz CT molecular complexity index is 1380. The van der Waals surface area contributed by atoms with E-state index in [1.807, 2.05) is 36.4 Å². The molecule has 0 atom stereocenters. The fourth-order valence-electron chi connectivity index (χ4n) is 4.24. The Morgan fingerprint density at radius 3 is 1.97 bits per heavy atom. The average Bonchev–Trinajstić information content (AvgIpc) is 3.15. The summed E-state index contributed by atoms with van der Waals surface area (Å²) in [5.41, 5.74) is 8.13. The van der Waals surface area contributed by atoms with Gasteiger partial charge in [-0.05, 0) is 67.9 Å². The van der Waals surface area contributed by atoms with Gasteiger partial charge in [0.2, 0.25) is 5.11 Å². The number of hydrogen-bond donors (Lipinski definition) is 0. The molecular formula is C28H24N4S. The number of thiocarbonyl (C=S) groups is 1. The van der Waals surface area contributed by atoms with E-state index in [9.17, 15) is 0 Å². The number of benzene rings is 3. The highest BCUT2D eigenvalue weighted by Gasteiger charge is 2.33. The fraction of sp³-hybridized carbons (Fsp3) is 0.143. The average molecular weight is 449 g/mol. The monoisotopic (exact) mass is 448 g/mol. The lowest BCUT2D eigenvalue weighted by molar-refractivity contribution is 0.800. The first kappa shape index (κ1) is 21.2. The summed E-state index contributed by atoms with van der Waals surface area (Å²) < 4.78 is 2.26. The Balaban J connectivity index is 1.85. The van der Waals surface area contributed by atoms with Crippen LogP contribution in [0.5, 0.6) is 0 Å². The molecule has 4 nitrogen and oxygen atoms in total. The van der Waals surface area contributed by atoms with Gasteiger partial charge in [-0.3, -0.25) is 0 Å². The minimum atomic E-state index is -0.279. The number of hydrogen-bond acceptors (Lipinski definition) is 2. The highest BCUT2D eigenvalue weighted by molar-refractivity contribution is 7.80. The Morgan fingerprint density at radius 2 is 1.42 bits per heavy atom. The second-order valence-electron chi connectivity index (χ2n) is 8.47. The van der Waals surface area contributed by atoms with Gasteiger partial charge < -0.3 is 4.57 Å². The number of aryl methyl sites for hydroxylation is 1. The van der Waals surface area contributed by atoms with Crippen LogP contribution in [0.15, 0.2) is 94.4 Å². The van der Waals surface area contributed by atoms with Gasteiger partial charge in [0.1, 0.15) is 11.9 Å². The van der Waals surface area contributed by atoms with Crippen molar-refractivity contribution < 1.29 is 0 Å². The van der Waals surface area contributed by atoms with Crippen LogP contribution in [0.1, 0.15) is 42.4 Å². The molecule has 1 aliphatic rings. The molecule has 0 aliphatic carbocycles. The lowest BCUT2D eigenvalue weighted by atomic mass is 9.93. The molecule has 4 aromatic rings.